The Bertz CT molecular complexity index is 607. The van der Waals surface area contributed by atoms with Crippen molar-refractivity contribution in [3.8, 4) is 0 Å². The number of hydrogen-bond donors (Lipinski definition) is 1. The Kier molecular flexibility index (Phi) is 3.18. The summed E-state index contributed by atoms with van der Waals surface area (Å²) in [4.78, 5) is 25.0. The second-order valence-corrected chi connectivity index (χ2v) is 7.02. The second kappa shape index (κ2) is 4.72. The van der Waals surface area contributed by atoms with Crippen LogP contribution in [0.15, 0.2) is 16.6 Å². The maximum Gasteiger partial charge on any atom is 0.296 e. The molecule has 19 heavy (non-hydrogen) atoms. The summed E-state index contributed by atoms with van der Waals surface area (Å²) in [7, 11) is -0.733. The maximum atomic E-state index is 11.6. The first-order valence-corrected chi connectivity index (χ1v) is 8.13. The number of nitrogens with zero attached hydrogens (tertiary/aromatic N) is 1. The van der Waals surface area contributed by atoms with Gasteiger partial charge in [0.25, 0.3) is 11.7 Å². The summed E-state index contributed by atoms with van der Waals surface area (Å²) in [6.07, 6.45) is 0. The molecule has 1 saturated heterocycles. The lowest BCUT2D eigenvalue weighted by Gasteiger charge is -2.29. The van der Waals surface area contributed by atoms with Crippen molar-refractivity contribution in [2.45, 2.75) is 0 Å². The van der Waals surface area contributed by atoms with E-state index in [2.05, 4.69) is 26.1 Å². The molecule has 0 bridgehead atoms. The Balaban J connectivity index is 1.96. The van der Waals surface area contributed by atoms with Gasteiger partial charge in [-0.1, -0.05) is 0 Å². The summed E-state index contributed by atoms with van der Waals surface area (Å²) in [5.74, 6) is 0.213. The molecule has 2 aliphatic rings. The van der Waals surface area contributed by atoms with Crippen LogP contribution in [-0.2, 0) is 15.6 Å². The predicted octanol–water partition coefficient (Wildman–Crippen LogP) is 1.15. The standard InChI is InChI=1S/C12H11BrN2O3S/c13-8-5-7-9(14-12(17)11(7)16)6-10(8)15-1-3-19(18)4-2-15/h5-6H,1-4H2,(H,14,16,17). The van der Waals surface area contributed by atoms with E-state index in [-0.39, 0.29) is 0 Å². The second-order valence-electron chi connectivity index (χ2n) is 4.47. The third-order valence-electron chi connectivity index (χ3n) is 3.30. The first kappa shape index (κ1) is 12.8. The van der Waals surface area contributed by atoms with Crippen LogP contribution in [-0.4, -0.2) is 40.5 Å². The largest absolute Gasteiger partial charge is 0.369 e. The van der Waals surface area contributed by atoms with E-state index in [1.54, 1.807) is 12.1 Å². The number of fused-ring (bicyclic) bond motifs is 1. The average Bonchev–Trinajstić information content (AvgIpc) is 2.66. The predicted molar refractivity (Wildman–Crippen MR) is 77.2 cm³/mol. The van der Waals surface area contributed by atoms with Gasteiger partial charge in [0, 0.05) is 39.9 Å². The molecular formula is C12H11BrN2O3S. The van der Waals surface area contributed by atoms with Crippen LogP contribution < -0.4 is 10.2 Å². The lowest BCUT2D eigenvalue weighted by atomic mass is 10.1. The zero-order valence-electron chi connectivity index (χ0n) is 9.94. The number of anilines is 2. The normalized spacial score (nSPS) is 19.5. The number of carbonyl (C=O) groups is 2. The number of carbonyl (C=O) groups excluding carboxylic acids is 2. The number of Topliss-reactive ketones (excluding diaryl/α,β-unsaturated/α-hetero) is 1. The highest BCUT2D eigenvalue weighted by Gasteiger charge is 2.30. The van der Waals surface area contributed by atoms with E-state index in [9.17, 15) is 13.8 Å². The van der Waals surface area contributed by atoms with Crippen LogP contribution in [0, 0.1) is 0 Å². The molecule has 7 heteroatoms. The van der Waals surface area contributed by atoms with Crippen LogP contribution in [0.4, 0.5) is 11.4 Å². The molecule has 1 aromatic rings. The molecule has 0 aliphatic carbocycles. The molecule has 2 aliphatic heterocycles. The van der Waals surface area contributed by atoms with E-state index < -0.39 is 22.5 Å². The third-order valence-corrected chi connectivity index (χ3v) is 5.22. The highest BCUT2D eigenvalue weighted by molar-refractivity contribution is 9.10. The molecule has 1 amide bonds. The van der Waals surface area contributed by atoms with E-state index in [0.29, 0.717) is 35.8 Å². The number of benzene rings is 1. The van der Waals surface area contributed by atoms with Crippen LogP contribution >= 0.6 is 15.9 Å². The lowest BCUT2D eigenvalue weighted by Crippen LogP contribution is -2.37. The third kappa shape index (κ3) is 2.21. The van der Waals surface area contributed by atoms with Gasteiger partial charge in [0.1, 0.15) is 0 Å². The fourth-order valence-electron chi connectivity index (χ4n) is 2.28. The zero-order valence-corrected chi connectivity index (χ0v) is 12.3. The van der Waals surface area contributed by atoms with E-state index in [4.69, 9.17) is 0 Å². The number of nitrogens with one attached hydrogen (secondary N) is 1. The van der Waals surface area contributed by atoms with E-state index in [1.165, 1.54) is 0 Å². The topological polar surface area (TPSA) is 66.5 Å². The molecular weight excluding hydrogens is 332 g/mol. The highest BCUT2D eigenvalue weighted by atomic mass is 79.9. The van der Waals surface area contributed by atoms with Crippen molar-refractivity contribution in [1.82, 2.24) is 0 Å². The van der Waals surface area contributed by atoms with Gasteiger partial charge in [-0.3, -0.25) is 13.8 Å². The maximum absolute atomic E-state index is 11.6. The summed E-state index contributed by atoms with van der Waals surface area (Å²) >= 11 is 3.44. The minimum Gasteiger partial charge on any atom is -0.369 e. The van der Waals surface area contributed by atoms with Crippen molar-refractivity contribution in [3.05, 3.63) is 22.2 Å². The van der Waals surface area contributed by atoms with Gasteiger partial charge in [0.05, 0.1) is 16.9 Å². The van der Waals surface area contributed by atoms with Crippen molar-refractivity contribution >= 4 is 49.8 Å². The number of amides is 1. The first-order chi connectivity index (χ1) is 9.06. The lowest BCUT2D eigenvalue weighted by molar-refractivity contribution is -0.112. The minimum atomic E-state index is -0.733. The minimum absolute atomic E-state index is 0.404. The molecule has 2 heterocycles. The molecule has 0 aromatic heterocycles. The molecule has 0 spiro atoms. The molecule has 0 atom stereocenters. The van der Waals surface area contributed by atoms with Crippen molar-refractivity contribution in [2.75, 3.05) is 34.8 Å². The monoisotopic (exact) mass is 342 g/mol. The first-order valence-electron chi connectivity index (χ1n) is 5.85. The van der Waals surface area contributed by atoms with Crippen LogP contribution in [0.5, 0.6) is 0 Å². The van der Waals surface area contributed by atoms with Crippen LogP contribution in [0.2, 0.25) is 0 Å². The number of rotatable bonds is 1. The molecule has 0 saturated carbocycles. The number of ketones is 1. The van der Waals surface area contributed by atoms with E-state index >= 15 is 0 Å². The summed E-state index contributed by atoms with van der Waals surface area (Å²) in [6.45, 7) is 1.43. The van der Waals surface area contributed by atoms with Gasteiger partial charge in [0.15, 0.2) is 0 Å². The Morgan fingerprint density at radius 1 is 1.21 bits per heavy atom. The molecule has 3 rings (SSSR count). The quantitative estimate of drug-likeness (QED) is 0.777. The molecule has 0 radical (unpaired) electrons. The molecule has 100 valence electrons. The van der Waals surface area contributed by atoms with Gasteiger partial charge in [-0.2, -0.15) is 0 Å². The van der Waals surface area contributed by atoms with Crippen LogP contribution in [0.25, 0.3) is 0 Å². The van der Waals surface area contributed by atoms with Gasteiger partial charge in [-0.15, -0.1) is 0 Å². The van der Waals surface area contributed by atoms with Crippen molar-refractivity contribution in [3.63, 3.8) is 0 Å². The Labute approximate surface area is 120 Å². The fourth-order valence-corrected chi connectivity index (χ4v) is 3.92. The Morgan fingerprint density at radius 3 is 2.58 bits per heavy atom. The zero-order chi connectivity index (χ0) is 13.6. The smallest absolute Gasteiger partial charge is 0.296 e. The summed E-state index contributed by atoms with van der Waals surface area (Å²) in [5, 5.41) is 2.57. The van der Waals surface area contributed by atoms with E-state index in [1.807, 2.05) is 0 Å². The van der Waals surface area contributed by atoms with Gasteiger partial charge in [-0.25, -0.2) is 0 Å². The van der Waals surface area contributed by atoms with Gasteiger partial charge >= 0.3 is 0 Å². The van der Waals surface area contributed by atoms with Crippen molar-refractivity contribution in [1.29, 1.82) is 0 Å². The summed E-state index contributed by atoms with van der Waals surface area (Å²) in [6, 6.07) is 3.48. The molecule has 1 aromatic carbocycles. The highest BCUT2D eigenvalue weighted by Crippen LogP contribution is 2.35. The summed E-state index contributed by atoms with van der Waals surface area (Å²) < 4.78 is 12.2. The molecule has 0 unspecified atom stereocenters. The van der Waals surface area contributed by atoms with Gasteiger partial charge < -0.3 is 10.2 Å². The number of hydrogen-bond acceptors (Lipinski definition) is 4. The number of halogens is 1. The van der Waals surface area contributed by atoms with Crippen LogP contribution in [0.1, 0.15) is 10.4 Å². The Hall–Kier alpha value is -1.21. The SMILES string of the molecule is O=C1Nc2cc(N3CCS(=O)CC3)c(Br)cc2C1=O. The Morgan fingerprint density at radius 2 is 1.89 bits per heavy atom. The molecule has 1 fully saturated rings. The fraction of sp³-hybridized carbons (Fsp3) is 0.333. The molecule has 1 N–H and O–H groups in total. The van der Waals surface area contributed by atoms with Crippen molar-refractivity contribution in [2.24, 2.45) is 0 Å². The summed E-state index contributed by atoms with van der Waals surface area (Å²) in [5.41, 5.74) is 1.88. The molecule has 5 nitrogen and oxygen atoms in total. The van der Waals surface area contributed by atoms with Crippen molar-refractivity contribution < 1.29 is 13.8 Å². The van der Waals surface area contributed by atoms with Gasteiger partial charge in [0.2, 0.25) is 0 Å². The van der Waals surface area contributed by atoms with Crippen LogP contribution in [0.3, 0.4) is 0 Å². The average molecular weight is 343 g/mol. The van der Waals surface area contributed by atoms with Gasteiger partial charge in [-0.05, 0) is 28.1 Å². The van der Waals surface area contributed by atoms with E-state index in [0.717, 1.165) is 10.2 Å².